The second-order valence-electron chi connectivity index (χ2n) is 4.42. The Morgan fingerprint density at radius 2 is 2.05 bits per heavy atom. The van der Waals surface area contributed by atoms with E-state index in [1.54, 1.807) is 0 Å². The number of rotatable bonds is 4. The van der Waals surface area contributed by atoms with Crippen molar-refractivity contribution in [1.29, 1.82) is 0 Å². The van der Waals surface area contributed by atoms with Crippen LogP contribution in [0.15, 0.2) is 23.1 Å². The average Bonchev–Trinajstić information content (AvgIpc) is 2.26. The Bertz CT molecular complexity index is 613. The Morgan fingerprint density at radius 1 is 1.42 bits per heavy atom. The van der Waals surface area contributed by atoms with E-state index < -0.39 is 20.6 Å². The number of sulfonamides is 1. The number of nitro groups is 1. The zero-order chi connectivity index (χ0) is 14.2. The molecule has 0 aliphatic heterocycles. The molecule has 0 amide bonds. The lowest BCUT2D eigenvalue weighted by atomic mass is 9.89. The summed E-state index contributed by atoms with van der Waals surface area (Å²) in [6, 6.07) is 3.17. The van der Waals surface area contributed by atoms with Crippen LogP contribution in [-0.2, 0) is 10.0 Å². The molecule has 2 rings (SSSR count). The van der Waals surface area contributed by atoms with Gasteiger partial charge < -0.3 is 5.73 Å². The zero-order valence-corrected chi connectivity index (χ0v) is 11.3. The normalized spacial score (nSPS) is 22.8. The van der Waals surface area contributed by atoms with E-state index in [0.717, 1.165) is 6.07 Å². The fourth-order valence-electron chi connectivity index (χ4n) is 1.85. The molecular formula is C10H12ClN3O4S. The van der Waals surface area contributed by atoms with E-state index in [9.17, 15) is 18.5 Å². The molecule has 1 aromatic carbocycles. The highest BCUT2D eigenvalue weighted by atomic mass is 35.5. The molecule has 0 radical (unpaired) electrons. The van der Waals surface area contributed by atoms with Gasteiger partial charge in [-0.15, -0.1) is 0 Å². The monoisotopic (exact) mass is 305 g/mol. The van der Waals surface area contributed by atoms with Crippen LogP contribution in [0.5, 0.6) is 0 Å². The van der Waals surface area contributed by atoms with E-state index in [2.05, 4.69) is 4.72 Å². The van der Waals surface area contributed by atoms with Gasteiger partial charge in [-0.25, -0.2) is 13.1 Å². The van der Waals surface area contributed by atoms with Gasteiger partial charge >= 0.3 is 0 Å². The predicted molar refractivity (Wildman–Crippen MR) is 69.4 cm³/mol. The molecule has 1 fully saturated rings. The topological polar surface area (TPSA) is 115 Å². The molecule has 0 atom stereocenters. The highest BCUT2D eigenvalue weighted by Crippen LogP contribution is 2.28. The van der Waals surface area contributed by atoms with Crippen molar-refractivity contribution in [3.05, 3.63) is 33.3 Å². The van der Waals surface area contributed by atoms with Crippen molar-refractivity contribution in [3.63, 3.8) is 0 Å². The molecule has 9 heteroatoms. The predicted octanol–water partition coefficient (Wildman–Crippen LogP) is 1.02. The summed E-state index contributed by atoms with van der Waals surface area (Å²) in [6.07, 6.45) is 1.13. The van der Waals surface area contributed by atoms with Crippen LogP contribution in [0.1, 0.15) is 12.8 Å². The molecule has 1 aromatic rings. The summed E-state index contributed by atoms with van der Waals surface area (Å²) in [5.41, 5.74) is 5.13. The van der Waals surface area contributed by atoms with Crippen LogP contribution in [0.4, 0.5) is 5.69 Å². The van der Waals surface area contributed by atoms with Gasteiger partial charge in [0.1, 0.15) is 5.02 Å². The number of hydrogen-bond donors (Lipinski definition) is 2. The molecule has 0 heterocycles. The van der Waals surface area contributed by atoms with E-state index in [1.165, 1.54) is 12.1 Å². The number of hydrogen-bond acceptors (Lipinski definition) is 5. The Balaban J connectivity index is 2.25. The number of halogens is 1. The van der Waals surface area contributed by atoms with Crippen LogP contribution in [0.25, 0.3) is 0 Å². The van der Waals surface area contributed by atoms with Crippen LogP contribution >= 0.6 is 11.6 Å². The number of benzene rings is 1. The van der Waals surface area contributed by atoms with E-state index in [-0.39, 0.29) is 22.0 Å². The van der Waals surface area contributed by atoms with Crippen molar-refractivity contribution >= 4 is 27.3 Å². The standard InChI is InChI=1S/C10H12ClN3O4S/c11-9-2-1-8(5-10(9)14(15)16)19(17,18)13-7-3-6(12)4-7/h1-2,5-7,13H,3-4,12H2. The summed E-state index contributed by atoms with van der Waals surface area (Å²) in [5, 5.41) is 10.6. The summed E-state index contributed by atoms with van der Waals surface area (Å²) in [5.74, 6) is 0. The van der Waals surface area contributed by atoms with E-state index in [1.807, 2.05) is 0 Å². The number of nitro benzene ring substituents is 1. The molecule has 0 bridgehead atoms. The third-order valence-electron chi connectivity index (χ3n) is 2.92. The summed E-state index contributed by atoms with van der Waals surface area (Å²) in [4.78, 5) is 9.82. The SMILES string of the molecule is NC1CC(NS(=O)(=O)c2ccc(Cl)c([N+](=O)[O-])c2)C1. The highest BCUT2D eigenvalue weighted by Gasteiger charge is 2.31. The van der Waals surface area contributed by atoms with Crippen LogP contribution in [0, 0.1) is 10.1 Å². The zero-order valence-electron chi connectivity index (χ0n) is 9.74. The fourth-order valence-corrected chi connectivity index (χ4v) is 3.31. The summed E-state index contributed by atoms with van der Waals surface area (Å²) in [6.45, 7) is 0. The van der Waals surface area contributed by atoms with Gasteiger partial charge in [-0.2, -0.15) is 0 Å². The Hall–Kier alpha value is -1.22. The minimum absolute atomic E-state index is 0.00672. The first-order valence-corrected chi connectivity index (χ1v) is 7.37. The maximum atomic E-state index is 12.0. The Labute approximate surface area is 114 Å². The molecule has 1 aliphatic rings. The third kappa shape index (κ3) is 3.03. The van der Waals surface area contributed by atoms with E-state index >= 15 is 0 Å². The van der Waals surface area contributed by atoms with Crippen LogP contribution in [-0.4, -0.2) is 25.4 Å². The van der Waals surface area contributed by atoms with Crippen molar-refractivity contribution in [2.45, 2.75) is 29.8 Å². The first-order valence-electron chi connectivity index (χ1n) is 5.51. The van der Waals surface area contributed by atoms with E-state index in [0.29, 0.717) is 12.8 Å². The van der Waals surface area contributed by atoms with Crippen molar-refractivity contribution in [3.8, 4) is 0 Å². The van der Waals surface area contributed by atoms with Gasteiger partial charge in [-0.3, -0.25) is 10.1 Å². The first-order chi connectivity index (χ1) is 8.79. The molecule has 1 aliphatic carbocycles. The fraction of sp³-hybridized carbons (Fsp3) is 0.400. The maximum absolute atomic E-state index is 12.0. The third-order valence-corrected chi connectivity index (χ3v) is 4.76. The van der Waals surface area contributed by atoms with Gasteiger partial charge in [0.05, 0.1) is 9.82 Å². The van der Waals surface area contributed by atoms with Crippen LogP contribution in [0.2, 0.25) is 5.02 Å². The lowest BCUT2D eigenvalue weighted by Gasteiger charge is -2.32. The van der Waals surface area contributed by atoms with Gasteiger partial charge in [-0.1, -0.05) is 11.6 Å². The van der Waals surface area contributed by atoms with Gasteiger partial charge in [0.15, 0.2) is 0 Å². The minimum Gasteiger partial charge on any atom is -0.328 e. The van der Waals surface area contributed by atoms with Gasteiger partial charge in [0, 0.05) is 18.2 Å². The van der Waals surface area contributed by atoms with Crippen molar-refractivity contribution < 1.29 is 13.3 Å². The second kappa shape index (κ2) is 5.04. The second-order valence-corrected chi connectivity index (χ2v) is 6.54. The lowest BCUT2D eigenvalue weighted by molar-refractivity contribution is -0.384. The molecule has 0 saturated heterocycles. The largest absolute Gasteiger partial charge is 0.328 e. The molecule has 0 unspecified atom stereocenters. The van der Waals surface area contributed by atoms with Crippen molar-refractivity contribution in [1.82, 2.24) is 4.72 Å². The van der Waals surface area contributed by atoms with Crippen molar-refractivity contribution in [2.24, 2.45) is 5.73 Å². The molecule has 7 nitrogen and oxygen atoms in total. The first kappa shape index (κ1) is 14.2. The molecule has 0 aromatic heterocycles. The highest BCUT2D eigenvalue weighted by molar-refractivity contribution is 7.89. The quantitative estimate of drug-likeness (QED) is 0.636. The van der Waals surface area contributed by atoms with Crippen molar-refractivity contribution in [2.75, 3.05) is 0 Å². The van der Waals surface area contributed by atoms with Gasteiger partial charge in [0.2, 0.25) is 10.0 Å². The summed E-state index contributed by atoms with van der Waals surface area (Å²) in [7, 11) is -3.79. The van der Waals surface area contributed by atoms with Gasteiger partial charge in [-0.05, 0) is 25.0 Å². The Kier molecular flexibility index (Phi) is 3.77. The van der Waals surface area contributed by atoms with E-state index in [4.69, 9.17) is 17.3 Å². The number of nitrogens with zero attached hydrogens (tertiary/aromatic N) is 1. The van der Waals surface area contributed by atoms with Crippen LogP contribution < -0.4 is 10.5 Å². The maximum Gasteiger partial charge on any atom is 0.289 e. The lowest BCUT2D eigenvalue weighted by Crippen LogP contribution is -2.50. The molecule has 0 spiro atoms. The number of nitrogens with two attached hydrogens (primary N) is 1. The minimum atomic E-state index is -3.79. The summed E-state index contributed by atoms with van der Waals surface area (Å²) >= 11 is 5.63. The molecule has 3 N–H and O–H groups in total. The smallest absolute Gasteiger partial charge is 0.289 e. The molecule has 19 heavy (non-hydrogen) atoms. The summed E-state index contributed by atoms with van der Waals surface area (Å²) < 4.78 is 26.5. The molecular weight excluding hydrogens is 294 g/mol. The molecule has 104 valence electrons. The average molecular weight is 306 g/mol. The Morgan fingerprint density at radius 3 is 2.58 bits per heavy atom. The number of nitrogens with one attached hydrogen (secondary N) is 1. The van der Waals surface area contributed by atoms with Crippen LogP contribution in [0.3, 0.4) is 0 Å². The molecule has 1 saturated carbocycles. The van der Waals surface area contributed by atoms with Gasteiger partial charge in [0.25, 0.3) is 5.69 Å².